The van der Waals surface area contributed by atoms with Gasteiger partial charge in [-0.1, -0.05) is 30.3 Å². The van der Waals surface area contributed by atoms with Gasteiger partial charge in [0.25, 0.3) is 6.43 Å². The van der Waals surface area contributed by atoms with Crippen molar-refractivity contribution in [2.75, 3.05) is 19.1 Å². The van der Waals surface area contributed by atoms with Gasteiger partial charge in [0.05, 0.1) is 12.6 Å². The van der Waals surface area contributed by atoms with Crippen molar-refractivity contribution in [1.82, 2.24) is 14.9 Å². The van der Waals surface area contributed by atoms with Crippen LogP contribution in [-0.4, -0.2) is 48.5 Å². The van der Waals surface area contributed by atoms with Crippen LogP contribution >= 0.6 is 11.9 Å². The third-order valence-electron chi connectivity index (χ3n) is 6.38. The number of urea groups is 1. The Morgan fingerprint density at radius 2 is 1.91 bits per heavy atom. The standard InChI is InChI=1S/C23H24F5N3OS/c24-13-33-30-21-18(31(12-23(21)6-7-23)22(32)29-11-19(26)27)9-15-8-16(25)10-17(20(15)28)14-4-2-1-3-5-14/h1-5,8,10,18-19,21,30H,6-7,9,11-13H2,(H,29,32). The molecule has 1 saturated heterocycles. The molecule has 0 radical (unpaired) electrons. The number of amides is 2. The van der Waals surface area contributed by atoms with Gasteiger partial charge in [0, 0.05) is 23.6 Å². The van der Waals surface area contributed by atoms with Gasteiger partial charge in [0.15, 0.2) is 0 Å². The van der Waals surface area contributed by atoms with Gasteiger partial charge in [-0.15, -0.1) is 0 Å². The van der Waals surface area contributed by atoms with E-state index in [4.69, 9.17) is 0 Å². The molecule has 1 aliphatic heterocycles. The number of carbonyl (C=O) groups excluding carboxylic acids is 1. The summed E-state index contributed by atoms with van der Waals surface area (Å²) in [5, 5.41) is 2.21. The summed E-state index contributed by atoms with van der Waals surface area (Å²) in [7, 11) is 0. The van der Waals surface area contributed by atoms with Crippen molar-refractivity contribution in [3.63, 3.8) is 0 Å². The van der Waals surface area contributed by atoms with Crippen molar-refractivity contribution in [2.24, 2.45) is 5.41 Å². The molecule has 0 bridgehead atoms. The van der Waals surface area contributed by atoms with Crippen LogP contribution in [0.1, 0.15) is 18.4 Å². The van der Waals surface area contributed by atoms with E-state index < -0.39 is 48.7 Å². The second-order valence-corrected chi connectivity index (χ2v) is 9.22. The van der Waals surface area contributed by atoms with E-state index in [-0.39, 0.29) is 29.5 Å². The number of halogens is 5. The second-order valence-electron chi connectivity index (χ2n) is 8.48. The highest BCUT2D eigenvalue weighted by molar-refractivity contribution is 7.97. The molecule has 2 aromatic carbocycles. The number of nitrogens with one attached hydrogen (secondary N) is 2. The summed E-state index contributed by atoms with van der Waals surface area (Å²) in [6.07, 6.45) is -1.21. The average molecular weight is 486 g/mol. The first-order chi connectivity index (χ1) is 15.8. The lowest BCUT2D eigenvalue weighted by Gasteiger charge is -2.29. The van der Waals surface area contributed by atoms with Gasteiger partial charge in [0.2, 0.25) is 0 Å². The Hall–Kier alpha value is -2.33. The number of alkyl halides is 3. The maximum absolute atomic E-state index is 15.5. The van der Waals surface area contributed by atoms with Gasteiger partial charge >= 0.3 is 6.03 Å². The number of carbonyl (C=O) groups is 1. The van der Waals surface area contributed by atoms with E-state index in [0.29, 0.717) is 5.56 Å². The Kier molecular flexibility index (Phi) is 7.13. The number of hydrogen-bond donors (Lipinski definition) is 2. The SMILES string of the molecule is O=C(NCC(F)F)N1CC2(CC2)C(NSCF)C1Cc1cc(F)cc(-c2ccccc2)c1F. The smallest absolute Gasteiger partial charge is 0.317 e. The van der Waals surface area contributed by atoms with Crippen molar-refractivity contribution < 1.29 is 26.7 Å². The maximum atomic E-state index is 15.5. The van der Waals surface area contributed by atoms with Crippen molar-refractivity contribution in [1.29, 1.82) is 0 Å². The van der Waals surface area contributed by atoms with Crippen LogP contribution < -0.4 is 10.0 Å². The maximum Gasteiger partial charge on any atom is 0.317 e. The van der Waals surface area contributed by atoms with Crippen LogP contribution in [0.3, 0.4) is 0 Å². The normalized spacial score (nSPS) is 21.1. The zero-order valence-corrected chi connectivity index (χ0v) is 18.5. The third-order valence-corrected chi connectivity index (χ3v) is 6.91. The van der Waals surface area contributed by atoms with Crippen molar-refractivity contribution in [3.05, 3.63) is 59.7 Å². The van der Waals surface area contributed by atoms with Crippen LogP contribution in [0.4, 0.5) is 26.7 Å². The summed E-state index contributed by atoms with van der Waals surface area (Å²) < 4.78 is 71.2. The monoisotopic (exact) mass is 485 g/mol. The quantitative estimate of drug-likeness (QED) is 0.402. The molecule has 1 heterocycles. The van der Waals surface area contributed by atoms with E-state index in [9.17, 15) is 22.4 Å². The predicted molar refractivity (Wildman–Crippen MR) is 118 cm³/mol. The molecule has 2 atom stereocenters. The molecule has 10 heteroatoms. The fourth-order valence-corrected chi connectivity index (χ4v) is 5.31. The van der Waals surface area contributed by atoms with Gasteiger partial charge in [-0.3, -0.25) is 4.72 Å². The topological polar surface area (TPSA) is 44.4 Å². The summed E-state index contributed by atoms with van der Waals surface area (Å²) in [6.45, 7) is -0.529. The molecule has 33 heavy (non-hydrogen) atoms. The summed E-state index contributed by atoms with van der Waals surface area (Å²) in [5.74, 6) is -1.23. The van der Waals surface area contributed by atoms with E-state index in [1.165, 1.54) is 4.90 Å². The molecule has 2 aliphatic rings. The Labute approximate surface area is 193 Å². The molecule has 2 amide bonds. The predicted octanol–water partition coefficient (Wildman–Crippen LogP) is 5.15. The Balaban J connectivity index is 1.66. The van der Waals surface area contributed by atoms with E-state index in [1.54, 1.807) is 30.3 Å². The number of likely N-dealkylation sites (tertiary alicyclic amines) is 1. The average Bonchev–Trinajstić information content (AvgIpc) is 3.51. The molecule has 1 aliphatic carbocycles. The zero-order chi connectivity index (χ0) is 23.6. The lowest BCUT2D eigenvalue weighted by Crippen LogP contribution is -2.49. The molecule has 1 spiro atoms. The summed E-state index contributed by atoms with van der Waals surface area (Å²) in [4.78, 5) is 14.1. The van der Waals surface area contributed by atoms with Crippen LogP contribution in [0.2, 0.25) is 0 Å². The third kappa shape index (κ3) is 5.11. The Morgan fingerprint density at radius 1 is 1.18 bits per heavy atom. The highest BCUT2D eigenvalue weighted by Gasteiger charge is 2.60. The zero-order valence-electron chi connectivity index (χ0n) is 17.7. The number of benzene rings is 2. The van der Waals surface area contributed by atoms with Gasteiger partial charge < -0.3 is 10.2 Å². The van der Waals surface area contributed by atoms with Gasteiger partial charge in [-0.2, -0.15) is 0 Å². The molecule has 2 unspecified atom stereocenters. The van der Waals surface area contributed by atoms with Gasteiger partial charge in [-0.25, -0.2) is 26.7 Å². The molecule has 0 aromatic heterocycles. The second kappa shape index (κ2) is 9.89. The largest absolute Gasteiger partial charge is 0.332 e. The molecule has 1 saturated carbocycles. The molecular weight excluding hydrogens is 461 g/mol. The lowest BCUT2D eigenvalue weighted by molar-refractivity contribution is 0.137. The Morgan fingerprint density at radius 3 is 2.55 bits per heavy atom. The fraction of sp³-hybridized carbons (Fsp3) is 0.435. The first-order valence-electron chi connectivity index (χ1n) is 10.6. The van der Waals surface area contributed by atoms with E-state index in [2.05, 4.69) is 10.0 Å². The first-order valence-corrected chi connectivity index (χ1v) is 11.6. The molecule has 178 valence electrons. The van der Waals surface area contributed by atoms with Crippen LogP contribution in [0.25, 0.3) is 11.1 Å². The van der Waals surface area contributed by atoms with Gasteiger partial charge in [0.1, 0.15) is 17.6 Å². The molecule has 2 aromatic rings. The molecule has 2 N–H and O–H groups in total. The van der Waals surface area contributed by atoms with E-state index in [0.717, 1.165) is 36.9 Å². The minimum absolute atomic E-state index is 0.0439. The first kappa shape index (κ1) is 23.8. The summed E-state index contributed by atoms with van der Waals surface area (Å²) in [6, 6.07) is 8.30. The lowest BCUT2D eigenvalue weighted by atomic mass is 9.91. The minimum Gasteiger partial charge on any atom is -0.332 e. The molecule has 4 rings (SSSR count). The van der Waals surface area contributed by atoms with Crippen molar-refractivity contribution in [2.45, 2.75) is 37.8 Å². The number of rotatable bonds is 8. The Bertz CT molecular complexity index is 990. The van der Waals surface area contributed by atoms with Crippen LogP contribution in [0.5, 0.6) is 0 Å². The highest BCUT2D eigenvalue weighted by atomic mass is 32.2. The van der Waals surface area contributed by atoms with Crippen LogP contribution in [-0.2, 0) is 6.42 Å². The summed E-state index contributed by atoms with van der Waals surface area (Å²) in [5.41, 5.74) is 0.345. The van der Waals surface area contributed by atoms with Crippen molar-refractivity contribution >= 4 is 18.0 Å². The van der Waals surface area contributed by atoms with E-state index in [1.807, 2.05) is 0 Å². The molecule has 4 nitrogen and oxygen atoms in total. The van der Waals surface area contributed by atoms with Gasteiger partial charge in [-0.05, 0) is 54.5 Å². The van der Waals surface area contributed by atoms with Crippen molar-refractivity contribution in [3.8, 4) is 11.1 Å². The summed E-state index contributed by atoms with van der Waals surface area (Å²) >= 11 is 0.838. The number of nitrogens with zero attached hydrogens (tertiary/aromatic N) is 1. The van der Waals surface area contributed by atoms with E-state index >= 15 is 4.39 Å². The minimum atomic E-state index is -2.71. The molecular formula is C23H24F5N3OS. The molecule has 2 fully saturated rings. The number of hydrogen-bond acceptors (Lipinski definition) is 3. The highest BCUT2D eigenvalue weighted by Crippen LogP contribution is 2.55. The van der Waals surface area contributed by atoms with Crippen LogP contribution in [0, 0.1) is 17.0 Å². The fourth-order valence-electron chi connectivity index (χ4n) is 4.66. The van der Waals surface area contributed by atoms with Crippen LogP contribution in [0.15, 0.2) is 42.5 Å².